The third kappa shape index (κ3) is 3.39. The van der Waals surface area contributed by atoms with Crippen molar-refractivity contribution in [3.63, 3.8) is 0 Å². The van der Waals surface area contributed by atoms with Gasteiger partial charge in [-0.25, -0.2) is 0 Å². The molecule has 1 heterocycles. The summed E-state index contributed by atoms with van der Waals surface area (Å²) in [5, 5.41) is 9.07. The molecule has 0 radical (unpaired) electrons. The van der Waals surface area contributed by atoms with Crippen LogP contribution in [-0.2, 0) is 4.79 Å². The summed E-state index contributed by atoms with van der Waals surface area (Å²) in [7, 11) is 0. The number of nitrogens with zero attached hydrogens (tertiary/aromatic N) is 1. The topological polar surface area (TPSA) is 40.5 Å². The average molecular weight is 245 g/mol. The molecule has 3 nitrogen and oxygen atoms in total. The van der Waals surface area contributed by atoms with Gasteiger partial charge in [-0.3, -0.25) is 4.79 Å². The van der Waals surface area contributed by atoms with Gasteiger partial charge in [-0.1, -0.05) is 13.8 Å². The number of carbonyl (C=O) groups is 1. The Morgan fingerprint density at radius 2 is 2.19 bits per heavy atom. The quantitative estimate of drug-likeness (QED) is 0.775. The number of thioether (sulfide) groups is 1. The number of aliphatic hydroxyl groups is 1. The Morgan fingerprint density at radius 1 is 1.50 bits per heavy atom. The lowest BCUT2D eigenvalue weighted by Crippen LogP contribution is -2.44. The maximum atomic E-state index is 12.3. The normalized spacial score (nSPS) is 20.4. The highest BCUT2D eigenvalue weighted by atomic mass is 32.2. The minimum Gasteiger partial charge on any atom is -0.395 e. The van der Waals surface area contributed by atoms with Crippen LogP contribution in [0.4, 0.5) is 0 Å². The molecule has 1 aliphatic rings. The molecule has 1 aliphatic heterocycles. The van der Waals surface area contributed by atoms with Crippen LogP contribution in [-0.4, -0.2) is 46.6 Å². The Labute approximate surface area is 103 Å². The van der Waals surface area contributed by atoms with E-state index in [0.29, 0.717) is 12.6 Å². The van der Waals surface area contributed by atoms with Gasteiger partial charge in [0.2, 0.25) is 5.91 Å². The van der Waals surface area contributed by atoms with Crippen molar-refractivity contribution < 1.29 is 9.90 Å². The van der Waals surface area contributed by atoms with Crippen molar-refractivity contribution in [2.75, 3.05) is 24.7 Å². The molecule has 4 heteroatoms. The van der Waals surface area contributed by atoms with Crippen molar-refractivity contribution in [1.82, 2.24) is 4.90 Å². The minimum absolute atomic E-state index is 0.0715. The number of rotatable bonds is 6. The maximum Gasteiger partial charge on any atom is 0.226 e. The number of hydrogen-bond donors (Lipinski definition) is 1. The molecule has 0 bridgehead atoms. The Bertz CT molecular complexity index is 213. The zero-order valence-corrected chi connectivity index (χ0v) is 11.1. The molecule has 0 aromatic carbocycles. The molecule has 1 saturated heterocycles. The van der Waals surface area contributed by atoms with E-state index < -0.39 is 0 Å². The molecule has 1 fully saturated rings. The fourth-order valence-electron chi connectivity index (χ4n) is 2.27. The number of amides is 1. The molecular formula is C12H23NO2S. The first-order chi connectivity index (χ1) is 7.74. The van der Waals surface area contributed by atoms with E-state index in [0.717, 1.165) is 30.8 Å². The second-order valence-electron chi connectivity index (χ2n) is 4.29. The monoisotopic (exact) mass is 245 g/mol. The maximum absolute atomic E-state index is 12.3. The van der Waals surface area contributed by atoms with Gasteiger partial charge in [-0.15, -0.1) is 0 Å². The summed E-state index contributed by atoms with van der Waals surface area (Å²) >= 11 is 1.86. The first-order valence-electron chi connectivity index (χ1n) is 6.23. The summed E-state index contributed by atoms with van der Waals surface area (Å²) in [6.07, 6.45) is 2.95. The zero-order valence-electron chi connectivity index (χ0n) is 10.3. The summed E-state index contributed by atoms with van der Waals surface area (Å²) in [6, 6.07) is 0.297. The van der Waals surface area contributed by atoms with Crippen LogP contribution in [0.15, 0.2) is 0 Å². The smallest absolute Gasteiger partial charge is 0.226 e. The lowest BCUT2D eigenvalue weighted by molar-refractivity contribution is -0.137. The second-order valence-corrected chi connectivity index (χ2v) is 5.44. The Kier molecular flexibility index (Phi) is 6.21. The molecule has 0 aromatic heterocycles. The molecule has 1 N–H and O–H groups in total. The van der Waals surface area contributed by atoms with Crippen LogP contribution in [0, 0.1) is 5.92 Å². The predicted molar refractivity (Wildman–Crippen MR) is 68.6 cm³/mol. The van der Waals surface area contributed by atoms with Crippen molar-refractivity contribution in [2.45, 2.75) is 39.2 Å². The van der Waals surface area contributed by atoms with Gasteiger partial charge in [0.1, 0.15) is 0 Å². The first kappa shape index (κ1) is 13.8. The second kappa shape index (κ2) is 7.17. The van der Waals surface area contributed by atoms with Gasteiger partial charge < -0.3 is 10.0 Å². The van der Waals surface area contributed by atoms with Gasteiger partial charge in [0.25, 0.3) is 0 Å². The van der Waals surface area contributed by atoms with Gasteiger partial charge in [0.05, 0.1) is 6.61 Å². The largest absolute Gasteiger partial charge is 0.395 e. The van der Waals surface area contributed by atoms with Gasteiger partial charge in [0.15, 0.2) is 0 Å². The lowest BCUT2D eigenvalue weighted by atomic mass is 10.0. The summed E-state index contributed by atoms with van der Waals surface area (Å²) in [4.78, 5) is 14.2. The Balaban J connectivity index is 2.63. The van der Waals surface area contributed by atoms with Crippen LogP contribution in [0.1, 0.15) is 33.1 Å². The van der Waals surface area contributed by atoms with Crippen LogP contribution in [0.5, 0.6) is 0 Å². The molecule has 0 saturated carbocycles. The lowest BCUT2D eigenvalue weighted by Gasteiger charge is -2.32. The highest BCUT2D eigenvalue weighted by molar-refractivity contribution is 7.99. The molecule has 1 amide bonds. The van der Waals surface area contributed by atoms with E-state index >= 15 is 0 Å². The SMILES string of the molecule is CCC(CC)N(CCO)C(=O)C1CCSC1. The van der Waals surface area contributed by atoms with E-state index in [2.05, 4.69) is 13.8 Å². The summed E-state index contributed by atoms with van der Waals surface area (Å²) in [5.74, 6) is 2.51. The summed E-state index contributed by atoms with van der Waals surface area (Å²) < 4.78 is 0. The highest BCUT2D eigenvalue weighted by Crippen LogP contribution is 2.26. The third-order valence-corrected chi connectivity index (χ3v) is 4.45. The van der Waals surface area contributed by atoms with Crippen molar-refractivity contribution in [1.29, 1.82) is 0 Å². The molecular weight excluding hydrogens is 222 g/mol. The standard InChI is InChI=1S/C12H23NO2S/c1-3-11(4-2)13(6-7-14)12(15)10-5-8-16-9-10/h10-11,14H,3-9H2,1-2H3. The highest BCUT2D eigenvalue weighted by Gasteiger charge is 2.30. The number of aliphatic hydroxyl groups excluding tert-OH is 1. The van der Waals surface area contributed by atoms with Crippen molar-refractivity contribution in [3.05, 3.63) is 0 Å². The first-order valence-corrected chi connectivity index (χ1v) is 7.39. The fourth-order valence-corrected chi connectivity index (χ4v) is 3.49. The summed E-state index contributed by atoms with van der Waals surface area (Å²) in [5.41, 5.74) is 0. The average Bonchev–Trinajstić information content (AvgIpc) is 2.82. The molecule has 0 aliphatic carbocycles. The van der Waals surface area contributed by atoms with Crippen LogP contribution < -0.4 is 0 Å². The van der Waals surface area contributed by atoms with Crippen LogP contribution >= 0.6 is 11.8 Å². The molecule has 1 atom stereocenters. The van der Waals surface area contributed by atoms with E-state index in [1.807, 2.05) is 16.7 Å². The van der Waals surface area contributed by atoms with Gasteiger partial charge in [-0.05, 0) is 25.0 Å². The molecule has 1 rings (SSSR count). The van der Waals surface area contributed by atoms with Crippen LogP contribution in [0.2, 0.25) is 0 Å². The fraction of sp³-hybridized carbons (Fsp3) is 0.917. The van der Waals surface area contributed by atoms with Gasteiger partial charge in [0, 0.05) is 24.3 Å². The van der Waals surface area contributed by atoms with E-state index in [1.165, 1.54) is 0 Å². The van der Waals surface area contributed by atoms with Crippen molar-refractivity contribution in [2.24, 2.45) is 5.92 Å². The molecule has 0 spiro atoms. The molecule has 0 aromatic rings. The van der Waals surface area contributed by atoms with Crippen molar-refractivity contribution in [3.8, 4) is 0 Å². The Morgan fingerprint density at radius 3 is 2.62 bits per heavy atom. The van der Waals surface area contributed by atoms with E-state index in [1.54, 1.807) is 0 Å². The number of hydrogen-bond acceptors (Lipinski definition) is 3. The summed E-state index contributed by atoms with van der Waals surface area (Å²) in [6.45, 7) is 4.78. The van der Waals surface area contributed by atoms with Gasteiger partial charge in [-0.2, -0.15) is 11.8 Å². The van der Waals surface area contributed by atoms with Crippen LogP contribution in [0.3, 0.4) is 0 Å². The minimum atomic E-state index is 0.0715. The van der Waals surface area contributed by atoms with E-state index in [9.17, 15) is 4.79 Å². The molecule has 1 unspecified atom stereocenters. The Hall–Kier alpha value is -0.220. The van der Waals surface area contributed by atoms with Gasteiger partial charge >= 0.3 is 0 Å². The zero-order chi connectivity index (χ0) is 12.0. The predicted octanol–water partition coefficient (Wildman–Crippen LogP) is 1.75. The van der Waals surface area contributed by atoms with Crippen LogP contribution in [0.25, 0.3) is 0 Å². The number of carbonyl (C=O) groups excluding carboxylic acids is 1. The van der Waals surface area contributed by atoms with E-state index in [4.69, 9.17) is 5.11 Å². The molecule has 94 valence electrons. The third-order valence-electron chi connectivity index (χ3n) is 3.29. The van der Waals surface area contributed by atoms with E-state index in [-0.39, 0.29) is 18.4 Å². The van der Waals surface area contributed by atoms with Crippen molar-refractivity contribution >= 4 is 17.7 Å². The molecule has 16 heavy (non-hydrogen) atoms.